The van der Waals surface area contributed by atoms with Crippen molar-refractivity contribution in [2.24, 2.45) is 0 Å². The molecule has 0 aliphatic heterocycles. The number of thiophene rings is 1. The number of nitrogens with one attached hydrogen (secondary N) is 1. The average molecular weight is 354 g/mol. The van der Waals surface area contributed by atoms with Crippen molar-refractivity contribution in [1.29, 1.82) is 0 Å². The van der Waals surface area contributed by atoms with E-state index in [-0.39, 0.29) is 5.91 Å². The van der Waals surface area contributed by atoms with Gasteiger partial charge in [-0.2, -0.15) is 0 Å². The van der Waals surface area contributed by atoms with Crippen LogP contribution in [0.5, 0.6) is 0 Å². The molecule has 0 radical (unpaired) electrons. The highest BCUT2D eigenvalue weighted by molar-refractivity contribution is 7.19. The van der Waals surface area contributed by atoms with Crippen LogP contribution in [0.2, 0.25) is 0 Å². The second-order valence-electron chi connectivity index (χ2n) is 6.27. The third-order valence-corrected chi connectivity index (χ3v) is 5.15. The molecule has 0 saturated carbocycles. The maximum absolute atomic E-state index is 11.8. The Hall–Kier alpha value is -2.47. The summed E-state index contributed by atoms with van der Waals surface area (Å²) in [5, 5.41) is 4.35. The Balaban J connectivity index is 1.97. The van der Waals surface area contributed by atoms with Gasteiger partial charge in [-0.15, -0.1) is 11.3 Å². The standard InChI is InChI=1S/C19H22N4OS/c1-12-5-7-14(8-6-12)16-13(2)25-19-17(16)18(21-11-22-19)20-10-9-15(24)23(3)4/h5-8,11H,9-10H2,1-4H3,(H,20,21,22). The molecule has 3 rings (SSSR count). The van der Waals surface area contributed by atoms with Crippen LogP contribution in [0.15, 0.2) is 30.6 Å². The van der Waals surface area contributed by atoms with Crippen LogP contribution in [0, 0.1) is 13.8 Å². The molecule has 0 fully saturated rings. The molecule has 0 saturated heterocycles. The quantitative estimate of drug-likeness (QED) is 0.756. The van der Waals surface area contributed by atoms with Crippen LogP contribution < -0.4 is 5.32 Å². The molecule has 0 aliphatic carbocycles. The van der Waals surface area contributed by atoms with Crippen molar-refractivity contribution in [1.82, 2.24) is 14.9 Å². The highest BCUT2D eigenvalue weighted by Crippen LogP contribution is 2.40. The van der Waals surface area contributed by atoms with Gasteiger partial charge < -0.3 is 10.2 Å². The number of carbonyl (C=O) groups excluding carboxylic acids is 1. The molecule has 0 unspecified atom stereocenters. The van der Waals surface area contributed by atoms with Gasteiger partial charge in [-0.1, -0.05) is 29.8 Å². The molecule has 130 valence electrons. The van der Waals surface area contributed by atoms with E-state index in [1.54, 1.807) is 36.7 Å². The fourth-order valence-electron chi connectivity index (χ4n) is 2.76. The minimum absolute atomic E-state index is 0.0954. The molecule has 0 bridgehead atoms. The zero-order valence-corrected chi connectivity index (χ0v) is 15.8. The maximum atomic E-state index is 11.8. The summed E-state index contributed by atoms with van der Waals surface area (Å²) in [7, 11) is 3.53. The number of anilines is 1. The summed E-state index contributed by atoms with van der Waals surface area (Å²) in [6.07, 6.45) is 2.01. The van der Waals surface area contributed by atoms with Crippen molar-refractivity contribution in [2.45, 2.75) is 20.3 Å². The molecule has 6 heteroatoms. The van der Waals surface area contributed by atoms with Gasteiger partial charge in [-0.05, 0) is 19.4 Å². The van der Waals surface area contributed by atoms with Crippen LogP contribution in [-0.4, -0.2) is 41.4 Å². The average Bonchev–Trinajstić information content (AvgIpc) is 2.92. The fraction of sp³-hybridized carbons (Fsp3) is 0.316. The van der Waals surface area contributed by atoms with Crippen LogP contribution >= 0.6 is 11.3 Å². The molecule has 2 aromatic heterocycles. The van der Waals surface area contributed by atoms with Crippen molar-refractivity contribution < 1.29 is 4.79 Å². The molecule has 1 N–H and O–H groups in total. The van der Waals surface area contributed by atoms with E-state index >= 15 is 0 Å². The molecule has 2 heterocycles. The van der Waals surface area contributed by atoms with E-state index < -0.39 is 0 Å². The van der Waals surface area contributed by atoms with Crippen molar-refractivity contribution in [3.05, 3.63) is 41.0 Å². The van der Waals surface area contributed by atoms with Crippen LogP contribution in [0.4, 0.5) is 5.82 Å². The molecular formula is C19H22N4OS. The number of nitrogens with zero attached hydrogens (tertiary/aromatic N) is 3. The summed E-state index contributed by atoms with van der Waals surface area (Å²) in [6, 6.07) is 8.50. The number of aromatic nitrogens is 2. The second-order valence-corrected chi connectivity index (χ2v) is 7.47. The lowest BCUT2D eigenvalue weighted by molar-refractivity contribution is -0.128. The largest absolute Gasteiger partial charge is 0.369 e. The number of hydrogen-bond donors (Lipinski definition) is 1. The first-order valence-corrected chi connectivity index (χ1v) is 9.04. The van der Waals surface area contributed by atoms with Crippen molar-refractivity contribution in [3.63, 3.8) is 0 Å². The Morgan fingerprint density at radius 3 is 2.56 bits per heavy atom. The minimum Gasteiger partial charge on any atom is -0.369 e. The summed E-state index contributed by atoms with van der Waals surface area (Å²) in [6.45, 7) is 4.74. The van der Waals surface area contributed by atoms with E-state index in [1.165, 1.54) is 16.0 Å². The van der Waals surface area contributed by atoms with E-state index in [0.717, 1.165) is 21.6 Å². The number of benzene rings is 1. The Morgan fingerprint density at radius 2 is 1.88 bits per heavy atom. The third-order valence-electron chi connectivity index (χ3n) is 4.13. The monoisotopic (exact) mass is 354 g/mol. The molecule has 0 aliphatic rings. The van der Waals surface area contributed by atoms with Gasteiger partial charge in [-0.3, -0.25) is 4.79 Å². The van der Waals surface area contributed by atoms with Gasteiger partial charge in [0.1, 0.15) is 17.0 Å². The Bertz CT molecular complexity index is 900. The second kappa shape index (κ2) is 7.19. The van der Waals surface area contributed by atoms with Crippen LogP contribution in [-0.2, 0) is 4.79 Å². The van der Waals surface area contributed by atoms with Crippen LogP contribution in [0.25, 0.3) is 21.3 Å². The van der Waals surface area contributed by atoms with Crippen molar-refractivity contribution >= 4 is 33.3 Å². The van der Waals surface area contributed by atoms with Crippen LogP contribution in [0.1, 0.15) is 16.9 Å². The van der Waals surface area contributed by atoms with E-state index in [0.29, 0.717) is 13.0 Å². The fourth-order valence-corrected chi connectivity index (χ4v) is 3.77. The highest BCUT2D eigenvalue weighted by Gasteiger charge is 2.16. The summed E-state index contributed by atoms with van der Waals surface area (Å²) in [4.78, 5) is 24.4. The van der Waals surface area contributed by atoms with Crippen LogP contribution in [0.3, 0.4) is 0 Å². The zero-order valence-electron chi connectivity index (χ0n) is 15.0. The maximum Gasteiger partial charge on any atom is 0.223 e. The number of amides is 1. The van der Waals surface area contributed by atoms with E-state index in [4.69, 9.17) is 0 Å². The lowest BCUT2D eigenvalue weighted by Crippen LogP contribution is -2.24. The lowest BCUT2D eigenvalue weighted by Gasteiger charge is -2.12. The molecule has 0 atom stereocenters. The first kappa shape index (κ1) is 17.4. The molecule has 5 nitrogen and oxygen atoms in total. The smallest absolute Gasteiger partial charge is 0.223 e. The number of rotatable bonds is 5. The van der Waals surface area contributed by atoms with Gasteiger partial charge in [0.05, 0.1) is 5.39 Å². The Morgan fingerprint density at radius 1 is 1.16 bits per heavy atom. The molecule has 3 aromatic rings. The molecule has 1 amide bonds. The van der Waals surface area contributed by atoms with Gasteiger partial charge in [0.15, 0.2) is 0 Å². The Kier molecular flexibility index (Phi) is 4.99. The Labute approximate surface area is 151 Å². The molecule has 0 spiro atoms. The van der Waals surface area contributed by atoms with E-state index in [2.05, 4.69) is 53.4 Å². The predicted octanol–water partition coefficient (Wildman–Crippen LogP) is 3.87. The predicted molar refractivity (Wildman–Crippen MR) is 104 cm³/mol. The first-order chi connectivity index (χ1) is 12.0. The lowest BCUT2D eigenvalue weighted by atomic mass is 10.0. The van der Waals surface area contributed by atoms with Gasteiger partial charge in [0.2, 0.25) is 5.91 Å². The topological polar surface area (TPSA) is 58.1 Å². The van der Waals surface area contributed by atoms with Gasteiger partial charge in [0, 0.05) is 37.5 Å². The summed E-state index contributed by atoms with van der Waals surface area (Å²) in [5.41, 5.74) is 3.57. The number of aryl methyl sites for hydroxylation is 2. The van der Waals surface area contributed by atoms with E-state index in [1.807, 2.05) is 0 Å². The number of hydrogen-bond acceptors (Lipinski definition) is 5. The minimum atomic E-state index is 0.0954. The highest BCUT2D eigenvalue weighted by atomic mass is 32.1. The molecular weight excluding hydrogens is 332 g/mol. The summed E-state index contributed by atoms with van der Waals surface area (Å²) < 4.78 is 0. The molecule has 1 aromatic carbocycles. The number of carbonyl (C=O) groups is 1. The third kappa shape index (κ3) is 3.64. The summed E-state index contributed by atoms with van der Waals surface area (Å²) >= 11 is 1.67. The number of fused-ring (bicyclic) bond motifs is 1. The normalized spacial score (nSPS) is 10.9. The van der Waals surface area contributed by atoms with Crippen molar-refractivity contribution in [2.75, 3.05) is 26.0 Å². The van der Waals surface area contributed by atoms with Gasteiger partial charge >= 0.3 is 0 Å². The molecule has 25 heavy (non-hydrogen) atoms. The van der Waals surface area contributed by atoms with Gasteiger partial charge in [0.25, 0.3) is 0 Å². The van der Waals surface area contributed by atoms with Crippen molar-refractivity contribution in [3.8, 4) is 11.1 Å². The summed E-state index contributed by atoms with van der Waals surface area (Å²) in [5.74, 6) is 0.884. The van der Waals surface area contributed by atoms with E-state index in [9.17, 15) is 4.79 Å². The zero-order chi connectivity index (χ0) is 18.0. The first-order valence-electron chi connectivity index (χ1n) is 8.22. The SMILES string of the molecule is Cc1ccc(-c2c(C)sc3ncnc(NCCC(=O)N(C)C)c23)cc1. The van der Waals surface area contributed by atoms with Gasteiger partial charge in [-0.25, -0.2) is 9.97 Å².